The van der Waals surface area contributed by atoms with Crippen molar-refractivity contribution in [1.82, 2.24) is 24.3 Å². The summed E-state index contributed by atoms with van der Waals surface area (Å²) in [6, 6.07) is 6.58. The van der Waals surface area contributed by atoms with E-state index in [0.717, 1.165) is 12.1 Å². The molecule has 2 aliphatic heterocycles. The number of aromatic nitrogens is 3. The van der Waals surface area contributed by atoms with E-state index in [2.05, 4.69) is 14.8 Å². The van der Waals surface area contributed by atoms with Crippen molar-refractivity contribution in [3.8, 4) is 0 Å². The van der Waals surface area contributed by atoms with Crippen LogP contribution in [0.15, 0.2) is 41.2 Å². The number of carbonyl (C=O) groups excluding carboxylic acids is 1. The highest BCUT2D eigenvalue weighted by Crippen LogP contribution is 2.37. The molecule has 1 amide bonds. The fourth-order valence-corrected chi connectivity index (χ4v) is 6.16. The van der Waals surface area contributed by atoms with E-state index in [1.807, 2.05) is 23.6 Å². The summed E-state index contributed by atoms with van der Waals surface area (Å²) in [6.07, 6.45) is -3.30. The molecule has 2 fully saturated rings. The van der Waals surface area contributed by atoms with Crippen LogP contribution in [0.25, 0.3) is 15.9 Å². The first-order valence-electron chi connectivity index (χ1n) is 14.2. The maximum atomic E-state index is 14.0. The van der Waals surface area contributed by atoms with Gasteiger partial charge in [0.15, 0.2) is 5.82 Å². The van der Waals surface area contributed by atoms with E-state index in [1.165, 1.54) is 21.6 Å². The van der Waals surface area contributed by atoms with E-state index in [-0.39, 0.29) is 36.9 Å². The van der Waals surface area contributed by atoms with Crippen molar-refractivity contribution in [3.63, 3.8) is 0 Å². The Kier molecular flexibility index (Phi) is 7.96. The fourth-order valence-electron chi connectivity index (χ4n) is 6.16. The minimum Gasteiger partial charge on any atom is -0.386 e. The summed E-state index contributed by atoms with van der Waals surface area (Å²) in [7, 11) is 1.60. The number of nitrogens with zero attached hydrogens (tertiary/aromatic N) is 7. The second kappa shape index (κ2) is 11.2. The lowest BCUT2D eigenvalue weighted by atomic mass is 9.91. The van der Waals surface area contributed by atoms with Crippen molar-refractivity contribution in [1.29, 1.82) is 0 Å². The minimum absolute atomic E-state index is 0.134. The number of aryl methyl sites for hydroxylation is 1. The molecule has 3 atom stereocenters. The van der Waals surface area contributed by atoms with Crippen molar-refractivity contribution in [2.75, 3.05) is 31.1 Å². The average Bonchev–Trinajstić information content (AvgIpc) is 2.97. The van der Waals surface area contributed by atoms with E-state index in [4.69, 9.17) is 6.57 Å². The molecule has 2 aromatic heterocycles. The minimum atomic E-state index is -4.51. The summed E-state index contributed by atoms with van der Waals surface area (Å²) >= 11 is 0. The molecule has 5 rings (SSSR count). The van der Waals surface area contributed by atoms with Crippen LogP contribution < -0.4 is 10.6 Å². The maximum Gasteiger partial charge on any atom is 0.416 e. The third-order valence-corrected chi connectivity index (χ3v) is 8.48. The second-order valence-electron chi connectivity index (χ2n) is 11.6. The topological polar surface area (TPSA) is 99.2 Å². The van der Waals surface area contributed by atoms with Gasteiger partial charge in [-0.1, -0.05) is 32.6 Å². The van der Waals surface area contributed by atoms with Gasteiger partial charge in [-0.25, -0.2) is 4.79 Å². The number of carbonyl (C=O) groups is 1. The number of amides is 1. The first-order valence-corrected chi connectivity index (χ1v) is 14.2. The van der Waals surface area contributed by atoms with Crippen LogP contribution >= 0.6 is 0 Å². The quantitative estimate of drug-likeness (QED) is 0.431. The first kappa shape index (κ1) is 30.4. The van der Waals surface area contributed by atoms with Crippen LogP contribution in [0, 0.1) is 6.57 Å². The standard InChI is InChI=1S/C30H34F3N7O3/c1-6-20-15-40(26-24-22(37(5)28(42)36-26)12-13-23(34-4)35-24)21(7-2)14-39(20)25(27(41)38-16-29(3,43)17-38)18-8-10-19(11-9-18)30(31,32)33/h8-13,20-21,25,43H,6-7,14-17H2,1-3,5H3/t20-,21+,25?/m1/s1. The number of hydrogen-bond acceptors (Lipinski definition) is 7. The summed E-state index contributed by atoms with van der Waals surface area (Å²) in [5.74, 6) is 0.254. The molecule has 43 heavy (non-hydrogen) atoms. The van der Waals surface area contributed by atoms with Gasteiger partial charge in [0.2, 0.25) is 11.4 Å². The van der Waals surface area contributed by atoms with Gasteiger partial charge in [-0.3, -0.25) is 14.3 Å². The Bertz CT molecular complexity index is 1620. The predicted octanol–water partition coefficient (Wildman–Crippen LogP) is 3.91. The van der Waals surface area contributed by atoms with Gasteiger partial charge in [0.1, 0.15) is 6.04 Å². The Labute approximate surface area is 247 Å². The zero-order valence-electron chi connectivity index (χ0n) is 24.5. The molecule has 0 bridgehead atoms. The third-order valence-electron chi connectivity index (χ3n) is 8.48. The molecule has 1 aromatic carbocycles. The van der Waals surface area contributed by atoms with Crippen LogP contribution in [0.3, 0.4) is 0 Å². The van der Waals surface area contributed by atoms with Crippen LogP contribution in [-0.4, -0.2) is 79.2 Å². The summed E-state index contributed by atoms with van der Waals surface area (Å²) in [6.45, 7) is 14.0. The number of benzene rings is 1. The summed E-state index contributed by atoms with van der Waals surface area (Å²) < 4.78 is 41.5. The summed E-state index contributed by atoms with van der Waals surface area (Å²) in [5.41, 5.74) is -0.878. The van der Waals surface area contributed by atoms with Gasteiger partial charge >= 0.3 is 11.9 Å². The normalized spacial score (nSPS) is 21.4. The summed E-state index contributed by atoms with van der Waals surface area (Å²) in [5, 5.41) is 10.3. The number of piperazine rings is 1. The molecule has 0 saturated carbocycles. The lowest BCUT2D eigenvalue weighted by Gasteiger charge is -2.51. The van der Waals surface area contributed by atoms with Crippen molar-refractivity contribution >= 4 is 28.6 Å². The molecule has 4 heterocycles. The Hall–Kier alpha value is -4.02. The molecule has 2 aliphatic rings. The van der Waals surface area contributed by atoms with E-state index >= 15 is 0 Å². The van der Waals surface area contributed by atoms with E-state index in [1.54, 1.807) is 26.1 Å². The van der Waals surface area contributed by atoms with E-state index in [0.29, 0.717) is 48.3 Å². The number of β-amino-alcohol motifs (C(OH)–C–C–N with tert-alkyl or cyclic N) is 1. The Morgan fingerprint density at radius 2 is 1.74 bits per heavy atom. The van der Waals surface area contributed by atoms with Crippen LogP contribution in [0.5, 0.6) is 0 Å². The number of anilines is 1. The van der Waals surface area contributed by atoms with Crippen molar-refractivity contribution in [2.24, 2.45) is 7.05 Å². The number of fused-ring (bicyclic) bond motifs is 1. The molecule has 0 spiro atoms. The lowest BCUT2D eigenvalue weighted by Crippen LogP contribution is -2.66. The second-order valence-corrected chi connectivity index (χ2v) is 11.6. The van der Waals surface area contributed by atoms with Gasteiger partial charge in [-0.2, -0.15) is 18.2 Å². The molecule has 3 aromatic rings. The highest BCUT2D eigenvalue weighted by atomic mass is 19.4. The molecule has 1 unspecified atom stereocenters. The molecular formula is C30H34F3N7O3. The highest BCUT2D eigenvalue weighted by Gasteiger charge is 2.47. The zero-order chi connectivity index (χ0) is 31.3. The molecule has 0 aliphatic carbocycles. The van der Waals surface area contributed by atoms with Crippen LogP contribution in [0.2, 0.25) is 0 Å². The van der Waals surface area contributed by atoms with E-state index in [9.17, 15) is 27.9 Å². The number of halogens is 3. The lowest BCUT2D eigenvalue weighted by molar-refractivity contribution is -0.159. The van der Waals surface area contributed by atoms with Gasteiger partial charge in [0.25, 0.3) is 5.82 Å². The smallest absolute Gasteiger partial charge is 0.386 e. The third kappa shape index (κ3) is 5.69. The maximum absolute atomic E-state index is 14.0. The Morgan fingerprint density at radius 3 is 2.30 bits per heavy atom. The summed E-state index contributed by atoms with van der Waals surface area (Å²) in [4.78, 5) is 44.7. The molecule has 10 nitrogen and oxygen atoms in total. The molecule has 2 saturated heterocycles. The average molecular weight is 598 g/mol. The Morgan fingerprint density at radius 1 is 1.09 bits per heavy atom. The van der Waals surface area contributed by atoms with Crippen LogP contribution in [0.1, 0.15) is 50.8 Å². The van der Waals surface area contributed by atoms with Crippen molar-refractivity contribution in [2.45, 2.75) is 63.5 Å². The van der Waals surface area contributed by atoms with E-state index < -0.39 is 29.1 Å². The zero-order valence-corrected chi connectivity index (χ0v) is 24.5. The number of pyridine rings is 1. The van der Waals surface area contributed by atoms with Crippen molar-refractivity contribution < 1.29 is 23.1 Å². The highest BCUT2D eigenvalue weighted by molar-refractivity contribution is 5.88. The number of aliphatic hydroxyl groups is 1. The van der Waals surface area contributed by atoms with Gasteiger partial charge in [-0.05, 0) is 49.6 Å². The fraction of sp³-hybridized carbons (Fsp3) is 0.500. The number of likely N-dealkylation sites (tertiary alicyclic amines) is 1. The van der Waals surface area contributed by atoms with Crippen LogP contribution in [-0.2, 0) is 18.0 Å². The number of hydrogen-bond donors (Lipinski definition) is 1. The molecule has 1 N–H and O–H groups in total. The van der Waals surface area contributed by atoms with Crippen molar-refractivity contribution in [3.05, 3.63) is 69.4 Å². The van der Waals surface area contributed by atoms with Crippen LogP contribution in [0.4, 0.5) is 24.8 Å². The SMILES string of the molecule is [C-]#[N+]c1ccc2c(n1)c(N1C[C@@H](CC)N(C(C(=O)N3CC(C)(O)C3)c3ccc(C(F)(F)F)cc3)C[C@@H]1CC)nc(=O)n2C. The molecule has 13 heteroatoms. The van der Waals surface area contributed by atoms with Gasteiger partial charge in [-0.15, -0.1) is 4.98 Å². The largest absolute Gasteiger partial charge is 0.416 e. The molecular weight excluding hydrogens is 563 g/mol. The van der Waals surface area contributed by atoms with Gasteiger partial charge < -0.3 is 19.8 Å². The first-order chi connectivity index (χ1) is 20.3. The number of alkyl halides is 3. The predicted molar refractivity (Wildman–Crippen MR) is 155 cm³/mol. The molecule has 228 valence electrons. The van der Waals surface area contributed by atoms with Gasteiger partial charge in [0.05, 0.1) is 29.8 Å². The van der Waals surface area contributed by atoms with Gasteiger partial charge in [0, 0.05) is 32.2 Å². The number of rotatable bonds is 6. The molecule has 0 radical (unpaired) electrons. The Balaban J connectivity index is 1.56. The monoisotopic (exact) mass is 597 g/mol.